The largest absolute Gasteiger partial charge is 0.497 e. The third kappa shape index (κ3) is 4.10. The number of hydrogen-bond donors (Lipinski definition) is 3. The first kappa shape index (κ1) is 16.3. The first-order chi connectivity index (χ1) is 9.29. The number of aliphatic hydroxyl groups excluding tert-OH is 2. The van der Waals surface area contributed by atoms with Crippen LogP contribution < -0.4 is 10.1 Å². The Balaban J connectivity index is 3.07. The van der Waals surface area contributed by atoms with E-state index in [-0.39, 0.29) is 18.0 Å². The minimum absolute atomic E-state index is 0.0966. The zero-order chi connectivity index (χ0) is 15.3. The second-order valence-electron chi connectivity index (χ2n) is 3.96. The molecule has 5 nitrogen and oxygen atoms in total. The summed E-state index contributed by atoms with van der Waals surface area (Å²) in [4.78, 5) is 11.3. The van der Waals surface area contributed by atoms with E-state index in [2.05, 4.69) is 5.32 Å². The van der Waals surface area contributed by atoms with Gasteiger partial charge < -0.3 is 20.3 Å². The van der Waals surface area contributed by atoms with E-state index in [1.54, 1.807) is 0 Å². The van der Waals surface area contributed by atoms with Crippen LogP contribution in [0.3, 0.4) is 0 Å². The summed E-state index contributed by atoms with van der Waals surface area (Å²) >= 11 is 0. The van der Waals surface area contributed by atoms with Crippen LogP contribution in [0.5, 0.6) is 5.75 Å². The van der Waals surface area contributed by atoms with Crippen molar-refractivity contribution in [3.05, 3.63) is 23.8 Å². The standard InChI is InChI=1S/C12H14F3NO4/c1-20-8-2-3-10(16-5-7(18)6-17)9(4-8)11(19)12(13,14)15/h2-4,7,16-18H,5-6H2,1H3. The molecular weight excluding hydrogens is 279 g/mol. The Morgan fingerprint density at radius 3 is 2.60 bits per heavy atom. The lowest BCUT2D eigenvalue weighted by atomic mass is 10.1. The summed E-state index contributed by atoms with van der Waals surface area (Å²) in [5.41, 5.74) is -0.706. The fraction of sp³-hybridized carbons (Fsp3) is 0.417. The molecule has 0 spiro atoms. The Bertz CT molecular complexity index is 476. The van der Waals surface area contributed by atoms with E-state index in [4.69, 9.17) is 14.9 Å². The summed E-state index contributed by atoms with van der Waals surface area (Å²) in [6.07, 6.45) is -6.16. The van der Waals surface area contributed by atoms with Crippen LogP contribution in [0, 0.1) is 0 Å². The molecule has 112 valence electrons. The van der Waals surface area contributed by atoms with Gasteiger partial charge in [-0.2, -0.15) is 13.2 Å². The highest BCUT2D eigenvalue weighted by atomic mass is 19.4. The number of Topliss-reactive ketones (excluding diaryl/α,β-unsaturated/α-hetero) is 1. The van der Waals surface area contributed by atoms with E-state index in [0.717, 1.165) is 6.07 Å². The summed E-state index contributed by atoms with van der Waals surface area (Å²) in [7, 11) is 1.26. The molecule has 0 amide bonds. The molecule has 0 aliphatic rings. The van der Waals surface area contributed by atoms with Crippen LogP contribution in [0.15, 0.2) is 18.2 Å². The van der Waals surface area contributed by atoms with Crippen LogP contribution in [-0.2, 0) is 0 Å². The lowest BCUT2D eigenvalue weighted by Crippen LogP contribution is -2.27. The maximum absolute atomic E-state index is 12.5. The van der Waals surface area contributed by atoms with Gasteiger partial charge in [-0.25, -0.2) is 0 Å². The number of rotatable bonds is 6. The van der Waals surface area contributed by atoms with E-state index >= 15 is 0 Å². The van der Waals surface area contributed by atoms with Crippen molar-refractivity contribution in [3.63, 3.8) is 0 Å². The molecule has 0 fully saturated rings. The number of aliphatic hydroxyl groups is 2. The number of ketones is 1. The van der Waals surface area contributed by atoms with E-state index in [0.29, 0.717) is 0 Å². The maximum Gasteiger partial charge on any atom is 0.454 e. The molecule has 0 aliphatic carbocycles. The molecule has 1 unspecified atom stereocenters. The number of alkyl halides is 3. The Morgan fingerprint density at radius 1 is 1.45 bits per heavy atom. The first-order valence-corrected chi connectivity index (χ1v) is 5.62. The van der Waals surface area contributed by atoms with Gasteiger partial charge in [-0.3, -0.25) is 4.79 Å². The minimum atomic E-state index is -5.02. The Morgan fingerprint density at radius 2 is 2.10 bits per heavy atom. The quantitative estimate of drug-likeness (QED) is 0.687. The Labute approximate surface area is 113 Å². The highest BCUT2D eigenvalue weighted by Gasteiger charge is 2.40. The topological polar surface area (TPSA) is 78.8 Å². The molecule has 0 saturated carbocycles. The smallest absolute Gasteiger partial charge is 0.454 e. The summed E-state index contributed by atoms with van der Waals surface area (Å²) in [6.45, 7) is -0.743. The molecule has 1 aromatic rings. The number of nitrogens with one attached hydrogen (secondary N) is 1. The third-order valence-electron chi connectivity index (χ3n) is 2.47. The van der Waals surface area contributed by atoms with E-state index < -0.39 is 30.2 Å². The van der Waals surface area contributed by atoms with Crippen LogP contribution in [0.2, 0.25) is 0 Å². The lowest BCUT2D eigenvalue weighted by molar-refractivity contribution is -0.0884. The monoisotopic (exact) mass is 293 g/mol. The van der Waals surface area contributed by atoms with Crippen LogP contribution in [-0.4, -0.2) is 48.5 Å². The third-order valence-corrected chi connectivity index (χ3v) is 2.47. The number of hydrogen-bond acceptors (Lipinski definition) is 5. The number of ether oxygens (including phenoxy) is 1. The van der Waals surface area contributed by atoms with Gasteiger partial charge >= 0.3 is 6.18 Å². The molecular formula is C12H14F3NO4. The summed E-state index contributed by atoms with van der Waals surface area (Å²) in [6, 6.07) is 3.58. The Hall–Kier alpha value is -1.80. The van der Waals surface area contributed by atoms with E-state index in [1.165, 1.54) is 19.2 Å². The van der Waals surface area contributed by atoms with Gasteiger partial charge in [-0.05, 0) is 18.2 Å². The number of carbonyl (C=O) groups excluding carboxylic acids is 1. The van der Waals surface area contributed by atoms with Gasteiger partial charge in [0.15, 0.2) is 0 Å². The van der Waals surface area contributed by atoms with Crippen molar-refractivity contribution in [1.29, 1.82) is 0 Å². The Kier molecular flexibility index (Phi) is 5.34. The molecule has 0 bridgehead atoms. The van der Waals surface area contributed by atoms with Gasteiger partial charge in [0.05, 0.1) is 25.4 Å². The van der Waals surface area contributed by atoms with Gasteiger partial charge in [0, 0.05) is 12.2 Å². The van der Waals surface area contributed by atoms with Crippen molar-refractivity contribution in [2.24, 2.45) is 0 Å². The molecule has 3 N–H and O–H groups in total. The number of halogens is 3. The highest BCUT2D eigenvalue weighted by molar-refractivity contribution is 6.05. The summed E-state index contributed by atoms with van der Waals surface area (Å²) < 4.78 is 42.3. The summed E-state index contributed by atoms with van der Waals surface area (Å²) in [5, 5.41) is 20.3. The van der Waals surface area contributed by atoms with E-state index in [1.807, 2.05) is 0 Å². The molecule has 1 atom stereocenters. The van der Waals surface area contributed by atoms with Gasteiger partial charge in [-0.1, -0.05) is 0 Å². The predicted octanol–water partition coefficient (Wildman–Crippen LogP) is 1.21. The first-order valence-electron chi connectivity index (χ1n) is 5.62. The van der Waals surface area contributed by atoms with Crippen molar-refractivity contribution in [2.75, 3.05) is 25.6 Å². The number of benzene rings is 1. The minimum Gasteiger partial charge on any atom is -0.497 e. The van der Waals surface area contributed by atoms with Gasteiger partial charge in [-0.15, -0.1) is 0 Å². The van der Waals surface area contributed by atoms with Crippen LogP contribution in [0.1, 0.15) is 10.4 Å². The van der Waals surface area contributed by atoms with Crippen LogP contribution >= 0.6 is 0 Å². The van der Waals surface area contributed by atoms with E-state index in [9.17, 15) is 18.0 Å². The molecule has 8 heteroatoms. The molecule has 1 rings (SSSR count). The number of anilines is 1. The zero-order valence-electron chi connectivity index (χ0n) is 10.6. The fourth-order valence-electron chi connectivity index (χ4n) is 1.44. The normalized spacial score (nSPS) is 12.9. The van der Waals surface area contributed by atoms with Gasteiger partial charge in [0.2, 0.25) is 0 Å². The summed E-state index contributed by atoms with van der Waals surface area (Å²) in [5.74, 6) is -1.91. The SMILES string of the molecule is COc1ccc(NCC(O)CO)c(C(=O)C(F)(F)F)c1. The van der Waals surface area contributed by atoms with Crippen molar-refractivity contribution in [1.82, 2.24) is 0 Å². The average Bonchev–Trinajstić information content (AvgIpc) is 2.42. The van der Waals surface area contributed by atoms with Crippen molar-refractivity contribution < 1.29 is 32.9 Å². The van der Waals surface area contributed by atoms with Gasteiger partial charge in [0.1, 0.15) is 5.75 Å². The van der Waals surface area contributed by atoms with Crippen molar-refractivity contribution in [3.8, 4) is 5.75 Å². The highest BCUT2D eigenvalue weighted by Crippen LogP contribution is 2.29. The number of methoxy groups -OCH3 is 1. The molecule has 0 heterocycles. The maximum atomic E-state index is 12.5. The van der Waals surface area contributed by atoms with Crippen molar-refractivity contribution >= 4 is 11.5 Å². The van der Waals surface area contributed by atoms with Crippen LogP contribution in [0.25, 0.3) is 0 Å². The predicted molar refractivity (Wildman–Crippen MR) is 65.0 cm³/mol. The fourth-order valence-corrected chi connectivity index (χ4v) is 1.44. The van der Waals surface area contributed by atoms with Crippen molar-refractivity contribution in [2.45, 2.75) is 12.3 Å². The average molecular weight is 293 g/mol. The molecule has 0 radical (unpaired) electrons. The molecule has 20 heavy (non-hydrogen) atoms. The second kappa shape index (κ2) is 6.58. The van der Waals surface area contributed by atoms with Crippen LogP contribution in [0.4, 0.5) is 18.9 Å². The number of carbonyl (C=O) groups is 1. The molecule has 1 aromatic carbocycles. The molecule has 0 aromatic heterocycles. The molecule has 0 saturated heterocycles. The lowest BCUT2D eigenvalue weighted by Gasteiger charge is -2.15. The zero-order valence-corrected chi connectivity index (χ0v) is 10.6. The van der Waals surface area contributed by atoms with Gasteiger partial charge in [0.25, 0.3) is 5.78 Å². The molecule has 0 aliphatic heterocycles. The second-order valence-corrected chi connectivity index (χ2v) is 3.96.